The fraction of sp³-hybridized carbons (Fsp3) is 0.0769. The van der Waals surface area contributed by atoms with Crippen LogP contribution in [0.15, 0.2) is 34.8 Å². The van der Waals surface area contributed by atoms with Crippen LogP contribution in [0.2, 0.25) is 15.1 Å². The molecular weight excluding hydrogens is 374 g/mol. The van der Waals surface area contributed by atoms with Gasteiger partial charge < -0.3 is 9.47 Å². The van der Waals surface area contributed by atoms with Crippen molar-refractivity contribution < 1.29 is 9.47 Å². The second kappa shape index (κ2) is 6.23. The summed E-state index contributed by atoms with van der Waals surface area (Å²) in [6.07, 6.45) is 0. The molecule has 2 rings (SSSR count). The standard InChI is InChI=1S/C13H8BrCl3O2/c1-18-12-6-8(15)2-3-11(12)19-13-9(16)4-7(14)5-10(13)17/h2-6H,1H3. The van der Waals surface area contributed by atoms with Crippen LogP contribution in [0.1, 0.15) is 0 Å². The molecule has 0 aliphatic rings. The average molecular weight is 382 g/mol. The summed E-state index contributed by atoms with van der Waals surface area (Å²) < 4.78 is 11.7. The topological polar surface area (TPSA) is 18.5 Å². The first kappa shape index (κ1) is 14.8. The molecule has 0 radical (unpaired) electrons. The van der Waals surface area contributed by atoms with Crippen molar-refractivity contribution >= 4 is 50.7 Å². The van der Waals surface area contributed by atoms with Crippen LogP contribution in [-0.2, 0) is 0 Å². The highest BCUT2D eigenvalue weighted by molar-refractivity contribution is 9.10. The molecule has 0 aliphatic carbocycles. The maximum absolute atomic E-state index is 6.11. The van der Waals surface area contributed by atoms with Crippen molar-refractivity contribution in [3.63, 3.8) is 0 Å². The van der Waals surface area contributed by atoms with Gasteiger partial charge in [-0.25, -0.2) is 0 Å². The molecule has 0 N–H and O–H groups in total. The predicted molar refractivity (Wildman–Crippen MR) is 82.2 cm³/mol. The largest absolute Gasteiger partial charge is 0.493 e. The number of hydrogen-bond acceptors (Lipinski definition) is 2. The van der Waals surface area contributed by atoms with E-state index in [0.717, 1.165) is 4.47 Å². The van der Waals surface area contributed by atoms with Gasteiger partial charge in [0, 0.05) is 15.6 Å². The molecule has 2 nitrogen and oxygen atoms in total. The van der Waals surface area contributed by atoms with Gasteiger partial charge in [0.15, 0.2) is 17.2 Å². The molecule has 100 valence electrons. The van der Waals surface area contributed by atoms with Gasteiger partial charge >= 0.3 is 0 Å². The molecule has 0 saturated carbocycles. The highest BCUT2D eigenvalue weighted by Crippen LogP contribution is 2.41. The molecule has 2 aromatic rings. The molecule has 0 aromatic heterocycles. The lowest BCUT2D eigenvalue weighted by Crippen LogP contribution is -1.91. The Morgan fingerprint density at radius 2 is 1.58 bits per heavy atom. The van der Waals surface area contributed by atoms with Crippen molar-refractivity contribution in [2.75, 3.05) is 7.11 Å². The SMILES string of the molecule is COc1cc(Cl)ccc1Oc1c(Cl)cc(Br)cc1Cl. The van der Waals surface area contributed by atoms with E-state index < -0.39 is 0 Å². The maximum Gasteiger partial charge on any atom is 0.169 e. The monoisotopic (exact) mass is 380 g/mol. The first-order chi connectivity index (χ1) is 9.01. The van der Waals surface area contributed by atoms with Crippen LogP contribution in [0.5, 0.6) is 17.2 Å². The second-order valence-electron chi connectivity index (χ2n) is 3.60. The summed E-state index contributed by atoms with van der Waals surface area (Å²) in [5.74, 6) is 1.35. The lowest BCUT2D eigenvalue weighted by atomic mass is 10.3. The van der Waals surface area contributed by atoms with Crippen molar-refractivity contribution in [3.05, 3.63) is 49.9 Å². The minimum atomic E-state index is 0.368. The van der Waals surface area contributed by atoms with Crippen LogP contribution in [-0.4, -0.2) is 7.11 Å². The Morgan fingerprint density at radius 1 is 0.947 bits per heavy atom. The Kier molecular flexibility index (Phi) is 4.85. The Bertz CT molecular complexity index is 594. The summed E-state index contributed by atoms with van der Waals surface area (Å²) in [4.78, 5) is 0. The van der Waals surface area contributed by atoms with Crippen LogP contribution in [0.3, 0.4) is 0 Å². The number of methoxy groups -OCH3 is 1. The fourth-order valence-electron chi connectivity index (χ4n) is 1.46. The number of benzene rings is 2. The third-order valence-corrected chi connectivity index (χ3v) is 3.56. The van der Waals surface area contributed by atoms with Gasteiger partial charge in [0.2, 0.25) is 0 Å². The first-order valence-electron chi connectivity index (χ1n) is 5.17. The van der Waals surface area contributed by atoms with E-state index in [2.05, 4.69) is 15.9 Å². The molecule has 0 heterocycles. The van der Waals surface area contributed by atoms with Crippen LogP contribution in [0.25, 0.3) is 0 Å². The minimum absolute atomic E-state index is 0.368. The molecule has 0 spiro atoms. The molecule has 0 fully saturated rings. The van der Waals surface area contributed by atoms with Gasteiger partial charge in [-0.3, -0.25) is 0 Å². The zero-order chi connectivity index (χ0) is 14.0. The molecule has 0 amide bonds. The zero-order valence-electron chi connectivity index (χ0n) is 9.72. The lowest BCUT2D eigenvalue weighted by molar-refractivity contribution is 0.379. The van der Waals surface area contributed by atoms with Gasteiger partial charge in [-0.05, 0) is 24.3 Å². The van der Waals surface area contributed by atoms with Gasteiger partial charge in [-0.1, -0.05) is 50.7 Å². The summed E-state index contributed by atoms with van der Waals surface area (Å²) in [6.45, 7) is 0. The minimum Gasteiger partial charge on any atom is -0.493 e. The average Bonchev–Trinajstić information content (AvgIpc) is 2.35. The number of ether oxygens (including phenoxy) is 2. The summed E-state index contributed by atoms with van der Waals surface area (Å²) in [5.41, 5.74) is 0. The second-order valence-corrected chi connectivity index (χ2v) is 5.76. The summed E-state index contributed by atoms with van der Waals surface area (Å²) >= 11 is 21.4. The molecule has 19 heavy (non-hydrogen) atoms. The van der Waals surface area contributed by atoms with E-state index in [-0.39, 0.29) is 0 Å². The first-order valence-corrected chi connectivity index (χ1v) is 7.10. The van der Waals surface area contributed by atoms with E-state index in [1.807, 2.05) is 0 Å². The smallest absolute Gasteiger partial charge is 0.169 e. The maximum atomic E-state index is 6.11. The van der Waals surface area contributed by atoms with Crippen molar-refractivity contribution in [2.45, 2.75) is 0 Å². The molecule has 2 aromatic carbocycles. The third kappa shape index (κ3) is 3.48. The number of halogens is 4. The molecule has 0 saturated heterocycles. The van der Waals surface area contributed by atoms with E-state index in [9.17, 15) is 0 Å². The van der Waals surface area contributed by atoms with Crippen molar-refractivity contribution in [1.82, 2.24) is 0 Å². The van der Waals surface area contributed by atoms with E-state index in [0.29, 0.717) is 32.3 Å². The summed E-state index contributed by atoms with van der Waals surface area (Å²) in [6, 6.07) is 8.43. The van der Waals surface area contributed by atoms with Crippen molar-refractivity contribution in [2.24, 2.45) is 0 Å². The van der Waals surface area contributed by atoms with Gasteiger partial charge in [0.25, 0.3) is 0 Å². The van der Waals surface area contributed by atoms with Gasteiger partial charge in [0.05, 0.1) is 17.2 Å². The molecule has 0 atom stereocenters. The highest BCUT2D eigenvalue weighted by atomic mass is 79.9. The summed E-state index contributed by atoms with van der Waals surface area (Å²) in [7, 11) is 1.53. The predicted octanol–water partition coefficient (Wildman–Crippen LogP) is 6.21. The Balaban J connectivity index is 2.42. The van der Waals surface area contributed by atoms with E-state index in [1.165, 1.54) is 7.11 Å². The summed E-state index contributed by atoms with van der Waals surface area (Å²) in [5, 5.41) is 1.35. The molecule has 0 aliphatic heterocycles. The third-order valence-electron chi connectivity index (χ3n) is 2.30. The highest BCUT2D eigenvalue weighted by Gasteiger charge is 2.13. The van der Waals surface area contributed by atoms with Crippen LogP contribution in [0, 0.1) is 0 Å². The molecule has 0 unspecified atom stereocenters. The lowest BCUT2D eigenvalue weighted by Gasteiger charge is -2.13. The quantitative estimate of drug-likeness (QED) is 0.628. The van der Waals surface area contributed by atoms with Crippen molar-refractivity contribution in [1.29, 1.82) is 0 Å². The number of rotatable bonds is 3. The Labute approximate surface area is 134 Å². The molecule has 6 heteroatoms. The number of hydrogen-bond donors (Lipinski definition) is 0. The normalized spacial score (nSPS) is 10.4. The molecular formula is C13H8BrCl3O2. The van der Waals surface area contributed by atoms with E-state index in [4.69, 9.17) is 44.3 Å². The van der Waals surface area contributed by atoms with Crippen LogP contribution >= 0.6 is 50.7 Å². The van der Waals surface area contributed by atoms with Crippen LogP contribution in [0.4, 0.5) is 0 Å². The zero-order valence-corrected chi connectivity index (χ0v) is 13.6. The van der Waals surface area contributed by atoms with Gasteiger partial charge in [0.1, 0.15) is 0 Å². The van der Waals surface area contributed by atoms with E-state index in [1.54, 1.807) is 30.3 Å². The Hall–Kier alpha value is -0.610. The van der Waals surface area contributed by atoms with Gasteiger partial charge in [-0.2, -0.15) is 0 Å². The Morgan fingerprint density at radius 3 is 2.16 bits per heavy atom. The molecule has 0 bridgehead atoms. The van der Waals surface area contributed by atoms with Gasteiger partial charge in [-0.15, -0.1) is 0 Å². The van der Waals surface area contributed by atoms with Crippen LogP contribution < -0.4 is 9.47 Å². The van der Waals surface area contributed by atoms with Crippen molar-refractivity contribution in [3.8, 4) is 17.2 Å². The van der Waals surface area contributed by atoms with E-state index >= 15 is 0 Å². The fourth-order valence-corrected chi connectivity index (χ4v) is 2.91.